The van der Waals surface area contributed by atoms with Crippen LogP contribution in [0, 0.1) is 17.6 Å². The number of benzene rings is 3. The maximum absolute atomic E-state index is 13.7. The van der Waals surface area contributed by atoms with E-state index < -0.39 is 11.9 Å². The molecular formula is C33H37F2N3O5. The van der Waals surface area contributed by atoms with Gasteiger partial charge in [-0.15, -0.1) is 0 Å². The fourth-order valence-electron chi connectivity index (χ4n) is 5.16. The zero-order valence-electron chi connectivity index (χ0n) is 24.0. The summed E-state index contributed by atoms with van der Waals surface area (Å²) in [5.74, 6) is -2.89. The van der Waals surface area contributed by atoms with Crippen molar-refractivity contribution < 1.29 is 33.4 Å². The molecular weight excluding hydrogens is 556 g/mol. The zero-order valence-corrected chi connectivity index (χ0v) is 24.0. The molecule has 1 aliphatic rings. The molecule has 8 nitrogen and oxygen atoms in total. The average molecular weight is 594 g/mol. The van der Waals surface area contributed by atoms with E-state index in [2.05, 4.69) is 34.5 Å². The molecule has 10 heteroatoms. The summed E-state index contributed by atoms with van der Waals surface area (Å²) >= 11 is 0. The summed E-state index contributed by atoms with van der Waals surface area (Å²) < 4.78 is 27.2. The molecule has 0 saturated carbocycles. The van der Waals surface area contributed by atoms with Crippen LogP contribution in [0.5, 0.6) is 0 Å². The Kier molecular flexibility index (Phi) is 12.8. The van der Waals surface area contributed by atoms with E-state index in [-0.39, 0.29) is 29.6 Å². The normalized spacial score (nSPS) is 14.4. The first kappa shape index (κ1) is 32.9. The monoisotopic (exact) mass is 593 g/mol. The van der Waals surface area contributed by atoms with Crippen molar-refractivity contribution in [3.63, 3.8) is 0 Å². The highest BCUT2D eigenvalue weighted by molar-refractivity contribution is 5.89. The number of carboxylic acids is 2. The molecule has 0 radical (unpaired) electrons. The fourth-order valence-corrected chi connectivity index (χ4v) is 5.16. The molecule has 0 aromatic heterocycles. The van der Waals surface area contributed by atoms with Crippen molar-refractivity contribution in [3.8, 4) is 0 Å². The largest absolute Gasteiger partial charge is 0.478 e. The topological polar surface area (TPSA) is 110 Å². The van der Waals surface area contributed by atoms with Crippen LogP contribution in [0.3, 0.4) is 0 Å². The summed E-state index contributed by atoms with van der Waals surface area (Å²) in [5.41, 5.74) is 3.10. The Bertz CT molecular complexity index is 1330. The van der Waals surface area contributed by atoms with Crippen molar-refractivity contribution in [2.45, 2.75) is 31.8 Å². The van der Waals surface area contributed by atoms with Crippen LogP contribution in [-0.4, -0.2) is 64.7 Å². The van der Waals surface area contributed by atoms with Crippen LogP contribution in [0.2, 0.25) is 0 Å². The van der Waals surface area contributed by atoms with Gasteiger partial charge < -0.3 is 25.3 Å². The third-order valence-electron chi connectivity index (χ3n) is 7.29. The smallest absolute Gasteiger partial charge is 0.328 e. The van der Waals surface area contributed by atoms with Gasteiger partial charge in [0.05, 0.1) is 6.04 Å². The summed E-state index contributed by atoms with van der Waals surface area (Å²) in [6.07, 6.45) is 4.01. The van der Waals surface area contributed by atoms with Crippen molar-refractivity contribution in [2.24, 2.45) is 5.92 Å². The van der Waals surface area contributed by atoms with Crippen molar-refractivity contribution in [2.75, 3.05) is 26.7 Å². The molecule has 0 bridgehead atoms. The number of carbonyl (C=O) groups excluding carboxylic acids is 1. The van der Waals surface area contributed by atoms with E-state index >= 15 is 0 Å². The first-order chi connectivity index (χ1) is 20.7. The van der Waals surface area contributed by atoms with Crippen LogP contribution in [0.15, 0.2) is 91.0 Å². The summed E-state index contributed by atoms with van der Waals surface area (Å²) in [6.45, 7) is 3.25. The predicted molar refractivity (Wildman–Crippen MR) is 159 cm³/mol. The van der Waals surface area contributed by atoms with Gasteiger partial charge >= 0.3 is 18.0 Å². The minimum absolute atomic E-state index is 0.199. The quantitative estimate of drug-likeness (QED) is 0.267. The van der Waals surface area contributed by atoms with Crippen molar-refractivity contribution in [1.29, 1.82) is 0 Å². The van der Waals surface area contributed by atoms with Crippen molar-refractivity contribution in [3.05, 3.63) is 119 Å². The Morgan fingerprint density at radius 2 is 1.40 bits per heavy atom. The molecule has 3 N–H and O–H groups in total. The molecule has 0 aliphatic carbocycles. The highest BCUT2D eigenvalue weighted by Crippen LogP contribution is 2.37. The van der Waals surface area contributed by atoms with Gasteiger partial charge in [0.1, 0.15) is 11.6 Å². The molecule has 1 heterocycles. The van der Waals surface area contributed by atoms with Crippen LogP contribution >= 0.6 is 0 Å². The van der Waals surface area contributed by atoms with E-state index in [1.54, 1.807) is 31.3 Å². The summed E-state index contributed by atoms with van der Waals surface area (Å²) in [5, 5.41) is 18.4. The van der Waals surface area contributed by atoms with Gasteiger partial charge in [0.25, 0.3) is 0 Å². The van der Waals surface area contributed by atoms with E-state index in [1.807, 2.05) is 11.0 Å². The fraction of sp³-hybridized carbons (Fsp3) is 0.303. The minimum Gasteiger partial charge on any atom is -0.478 e. The minimum atomic E-state index is -1.26. The van der Waals surface area contributed by atoms with Crippen LogP contribution in [0.4, 0.5) is 13.6 Å². The Balaban J connectivity index is 0.000000557. The lowest BCUT2D eigenvalue weighted by Gasteiger charge is -2.41. The number of carbonyl (C=O) groups is 3. The van der Waals surface area contributed by atoms with Gasteiger partial charge in [-0.25, -0.2) is 23.2 Å². The lowest BCUT2D eigenvalue weighted by molar-refractivity contribution is -0.134. The highest BCUT2D eigenvalue weighted by Gasteiger charge is 2.34. The van der Waals surface area contributed by atoms with Gasteiger partial charge in [-0.2, -0.15) is 0 Å². The van der Waals surface area contributed by atoms with Crippen LogP contribution in [-0.2, 0) is 22.6 Å². The van der Waals surface area contributed by atoms with E-state index in [0.29, 0.717) is 18.7 Å². The molecule has 1 atom stereocenters. The average Bonchev–Trinajstić information content (AvgIpc) is 3.01. The molecule has 43 heavy (non-hydrogen) atoms. The molecule has 1 unspecified atom stereocenters. The number of hydrogen-bond donors (Lipinski definition) is 3. The number of halogens is 2. The number of hydrogen-bond acceptors (Lipinski definition) is 4. The van der Waals surface area contributed by atoms with Gasteiger partial charge in [-0.3, -0.25) is 0 Å². The maximum Gasteiger partial charge on any atom is 0.328 e. The number of piperidine rings is 1. The van der Waals surface area contributed by atoms with Gasteiger partial charge in [0.2, 0.25) is 0 Å². The second kappa shape index (κ2) is 16.8. The molecule has 1 aliphatic heterocycles. The highest BCUT2D eigenvalue weighted by atomic mass is 19.1. The number of nitrogens with one attached hydrogen (secondary N) is 1. The number of nitrogens with zero attached hydrogens (tertiary/aromatic N) is 2. The van der Waals surface area contributed by atoms with Gasteiger partial charge in [-0.1, -0.05) is 54.6 Å². The Labute approximate surface area is 250 Å². The number of carboxylic acid groups (broad SMARTS) is 2. The third-order valence-corrected chi connectivity index (χ3v) is 7.29. The SMILES string of the molecule is CNC(=O)N(Cc1ccc(F)cc1)C(c1ccc(F)cc1)C1CCN(CCc2ccccc2)CC1.O=C(O)/C=C/C(=O)O. The maximum atomic E-state index is 13.7. The Morgan fingerprint density at radius 3 is 1.91 bits per heavy atom. The standard InChI is InChI=1S/C29H33F2N3O.C4H4O4/c1-32-29(35)34(21-23-7-11-26(30)12-8-23)28(24-9-13-27(31)14-10-24)25-16-19-33(20-17-25)18-15-22-5-3-2-4-6-22;5-3(6)1-2-4(7)8/h2-14,25,28H,15-21H2,1H3,(H,32,35);1-2H,(H,5,6)(H,7,8)/b;2-1+. The molecule has 3 aromatic carbocycles. The summed E-state index contributed by atoms with van der Waals surface area (Å²) in [6, 6.07) is 22.8. The molecule has 228 valence electrons. The number of likely N-dealkylation sites (tertiary alicyclic amines) is 1. The summed E-state index contributed by atoms with van der Waals surface area (Å²) in [7, 11) is 1.62. The Hall–Kier alpha value is -4.57. The predicted octanol–water partition coefficient (Wildman–Crippen LogP) is 5.51. The van der Waals surface area contributed by atoms with E-state index in [1.165, 1.54) is 29.8 Å². The van der Waals surface area contributed by atoms with Crippen LogP contribution in [0.25, 0.3) is 0 Å². The van der Waals surface area contributed by atoms with Crippen LogP contribution in [0.1, 0.15) is 35.6 Å². The molecule has 0 spiro atoms. The Morgan fingerprint density at radius 1 is 0.860 bits per heavy atom. The van der Waals surface area contributed by atoms with Gasteiger partial charge in [0.15, 0.2) is 0 Å². The van der Waals surface area contributed by atoms with E-state index in [4.69, 9.17) is 10.2 Å². The molecule has 2 amide bonds. The third kappa shape index (κ3) is 11.0. The number of urea groups is 1. The van der Waals surface area contributed by atoms with Crippen LogP contribution < -0.4 is 5.32 Å². The van der Waals surface area contributed by atoms with E-state index in [0.717, 1.165) is 50.0 Å². The zero-order chi connectivity index (χ0) is 31.2. The molecule has 3 aromatic rings. The molecule has 1 fully saturated rings. The van der Waals surface area contributed by atoms with E-state index in [9.17, 15) is 23.2 Å². The second-order valence-corrected chi connectivity index (χ2v) is 10.2. The number of aliphatic carboxylic acids is 2. The number of rotatable bonds is 10. The summed E-state index contributed by atoms with van der Waals surface area (Å²) in [4.78, 5) is 36.5. The lowest BCUT2D eigenvalue weighted by Crippen LogP contribution is -2.46. The second-order valence-electron chi connectivity index (χ2n) is 10.2. The van der Waals surface area contributed by atoms with Gasteiger partial charge in [-0.05, 0) is 79.2 Å². The first-order valence-corrected chi connectivity index (χ1v) is 14.0. The first-order valence-electron chi connectivity index (χ1n) is 14.0. The van der Waals surface area contributed by atoms with Gasteiger partial charge in [0, 0.05) is 32.3 Å². The lowest BCUT2D eigenvalue weighted by atomic mass is 9.84. The molecule has 4 rings (SSSR count). The molecule has 1 saturated heterocycles. The number of amides is 2. The van der Waals surface area contributed by atoms with Crippen molar-refractivity contribution in [1.82, 2.24) is 15.1 Å². The van der Waals surface area contributed by atoms with Crippen molar-refractivity contribution >= 4 is 18.0 Å².